The molecule has 0 aliphatic carbocycles. The molecule has 0 saturated carbocycles. The smallest absolute Gasteiger partial charge is 0.0702 e. The Bertz CT molecular complexity index is 139. The minimum Gasteiger partial charge on any atom is -0.396 e. The van der Waals surface area contributed by atoms with E-state index in [2.05, 4.69) is 11.8 Å². The van der Waals surface area contributed by atoms with E-state index in [0.29, 0.717) is 12.7 Å². The maximum atomic E-state index is 8.69. The Morgan fingerprint density at radius 1 is 1.43 bits per heavy atom. The predicted octanol–water partition coefficient (Wildman–Crippen LogP) is 1.26. The molecule has 3 heteroatoms. The predicted molar refractivity (Wildman–Crippen MR) is 57.4 cm³/mol. The summed E-state index contributed by atoms with van der Waals surface area (Å²) in [5, 5.41) is 8.69. The Kier molecular flexibility index (Phi) is 6.15. The molecule has 1 N–H and O–H groups in total. The molecule has 14 heavy (non-hydrogen) atoms. The normalized spacial score (nSPS) is 24.0. The third kappa shape index (κ3) is 4.40. The van der Waals surface area contributed by atoms with E-state index < -0.39 is 0 Å². The van der Waals surface area contributed by atoms with E-state index in [9.17, 15) is 0 Å². The van der Waals surface area contributed by atoms with Crippen molar-refractivity contribution in [1.29, 1.82) is 0 Å². The van der Waals surface area contributed by atoms with Crippen LogP contribution in [0.3, 0.4) is 0 Å². The number of aliphatic hydroxyl groups excluding tert-OH is 1. The average Bonchev–Trinajstić information content (AvgIpc) is 2.19. The number of hydrogen-bond acceptors (Lipinski definition) is 3. The lowest BCUT2D eigenvalue weighted by Gasteiger charge is -2.32. The monoisotopic (exact) mass is 201 g/mol. The van der Waals surface area contributed by atoms with E-state index in [4.69, 9.17) is 9.84 Å². The lowest BCUT2D eigenvalue weighted by molar-refractivity contribution is -0.0327. The van der Waals surface area contributed by atoms with Crippen molar-refractivity contribution in [2.24, 2.45) is 0 Å². The molecule has 1 unspecified atom stereocenters. The standard InChI is InChI=1S/C11H23NO2/c1-2-5-11-10-12(7-9-14-11)6-3-4-8-13/h11,13H,2-10H2,1H3. The molecule has 0 aromatic heterocycles. The molecule has 0 aromatic rings. The van der Waals surface area contributed by atoms with Gasteiger partial charge in [-0.2, -0.15) is 0 Å². The van der Waals surface area contributed by atoms with Gasteiger partial charge in [0.05, 0.1) is 12.7 Å². The summed E-state index contributed by atoms with van der Waals surface area (Å²) in [6.07, 6.45) is 4.86. The number of hydrogen-bond donors (Lipinski definition) is 1. The van der Waals surface area contributed by atoms with Gasteiger partial charge < -0.3 is 9.84 Å². The second-order valence-corrected chi connectivity index (χ2v) is 4.01. The minimum atomic E-state index is 0.322. The van der Waals surface area contributed by atoms with Gasteiger partial charge in [0, 0.05) is 19.7 Å². The van der Waals surface area contributed by atoms with Gasteiger partial charge in [0.2, 0.25) is 0 Å². The molecular weight excluding hydrogens is 178 g/mol. The zero-order valence-corrected chi connectivity index (χ0v) is 9.24. The van der Waals surface area contributed by atoms with Gasteiger partial charge in [-0.05, 0) is 25.8 Å². The van der Waals surface area contributed by atoms with Crippen LogP contribution >= 0.6 is 0 Å². The fourth-order valence-electron chi connectivity index (χ4n) is 1.93. The second-order valence-electron chi connectivity index (χ2n) is 4.01. The first-order valence-corrected chi connectivity index (χ1v) is 5.81. The van der Waals surface area contributed by atoms with Crippen LogP contribution in [-0.2, 0) is 4.74 Å². The Labute approximate surface area is 87.1 Å². The van der Waals surface area contributed by atoms with E-state index in [1.807, 2.05) is 0 Å². The fraction of sp³-hybridized carbons (Fsp3) is 1.00. The minimum absolute atomic E-state index is 0.322. The van der Waals surface area contributed by atoms with E-state index in [0.717, 1.165) is 39.1 Å². The SMILES string of the molecule is CCCC1CN(CCCCO)CCO1. The summed E-state index contributed by atoms with van der Waals surface area (Å²) in [4.78, 5) is 2.46. The summed E-state index contributed by atoms with van der Waals surface area (Å²) < 4.78 is 5.66. The fourth-order valence-corrected chi connectivity index (χ4v) is 1.93. The highest BCUT2D eigenvalue weighted by Gasteiger charge is 2.18. The first-order valence-electron chi connectivity index (χ1n) is 5.81. The molecule has 3 nitrogen and oxygen atoms in total. The van der Waals surface area contributed by atoms with Crippen LogP contribution in [0.1, 0.15) is 32.6 Å². The molecule has 0 bridgehead atoms. The summed E-state index contributed by atoms with van der Waals surface area (Å²) >= 11 is 0. The molecular formula is C11H23NO2. The Hall–Kier alpha value is -0.120. The van der Waals surface area contributed by atoms with Crippen molar-refractivity contribution in [3.8, 4) is 0 Å². The topological polar surface area (TPSA) is 32.7 Å². The quantitative estimate of drug-likeness (QED) is 0.657. The molecule has 1 atom stereocenters. The van der Waals surface area contributed by atoms with E-state index in [1.165, 1.54) is 12.8 Å². The van der Waals surface area contributed by atoms with Gasteiger partial charge in [-0.1, -0.05) is 13.3 Å². The third-order valence-corrected chi connectivity index (χ3v) is 2.72. The molecule has 1 heterocycles. The van der Waals surface area contributed by atoms with Crippen molar-refractivity contribution in [2.45, 2.75) is 38.7 Å². The number of unbranched alkanes of at least 4 members (excludes halogenated alkanes) is 1. The van der Waals surface area contributed by atoms with Crippen LogP contribution in [0.5, 0.6) is 0 Å². The molecule has 1 fully saturated rings. The van der Waals surface area contributed by atoms with E-state index in [1.54, 1.807) is 0 Å². The van der Waals surface area contributed by atoms with Crippen molar-refractivity contribution >= 4 is 0 Å². The van der Waals surface area contributed by atoms with Gasteiger partial charge >= 0.3 is 0 Å². The maximum absolute atomic E-state index is 8.69. The molecule has 84 valence electrons. The summed E-state index contributed by atoms with van der Waals surface area (Å²) in [5.74, 6) is 0. The molecule has 0 amide bonds. The lowest BCUT2D eigenvalue weighted by Crippen LogP contribution is -2.42. The summed E-state index contributed by atoms with van der Waals surface area (Å²) in [6, 6.07) is 0. The molecule has 0 spiro atoms. The van der Waals surface area contributed by atoms with Gasteiger partial charge in [0.15, 0.2) is 0 Å². The summed E-state index contributed by atoms with van der Waals surface area (Å²) in [5.41, 5.74) is 0. The second kappa shape index (κ2) is 7.21. The van der Waals surface area contributed by atoms with Crippen molar-refractivity contribution in [3.05, 3.63) is 0 Å². The highest BCUT2D eigenvalue weighted by molar-refractivity contribution is 4.70. The first kappa shape index (κ1) is 12.0. The Balaban J connectivity index is 2.12. The highest BCUT2D eigenvalue weighted by Crippen LogP contribution is 2.10. The Morgan fingerprint density at radius 3 is 3.00 bits per heavy atom. The summed E-state index contributed by atoms with van der Waals surface area (Å²) in [7, 11) is 0. The molecule has 1 saturated heterocycles. The largest absolute Gasteiger partial charge is 0.396 e. The van der Waals surface area contributed by atoms with Gasteiger partial charge in [-0.15, -0.1) is 0 Å². The van der Waals surface area contributed by atoms with Gasteiger partial charge in [-0.3, -0.25) is 4.90 Å². The number of aliphatic hydroxyl groups is 1. The van der Waals surface area contributed by atoms with Gasteiger partial charge in [-0.25, -0.2) is 0 Å². The number of rotatable bonds is 6. The third-order valence-electron chi connectivity index (χ3n) is 2.72. The molecule has 1 aliphatic rings. The van der Waals surface area contributed by atoms with Crippen LogP contribution in [0.25, 0.3) is 0 Å². The maximum Gasteiger partial charge on any atom is 0.0702 e. The first-order chi connectivity index (χ1) is 6.86. The van der Waals surface area contributed by atoms with Crippen LogP contribution in [0.15, 0.2) is 0 Å². The number of ether oxygens (including phenoxy) is 1. The lowest BCUT2D eigenvalue weighted by atomic mass is 10.1. The van der Waals surface area contributed by atoms with E-state index in [-0.39, 0.29) is 0 Å². The summed E-state index contributed by atoms with van der Waals surface area (Å²) in [6.45, 7) is 6.66. The molecule has 1 rings (SSSR count). The zero-order valence-electron chi connectivity index (χ0n) is 9.24. The van der Waals surface area contributed by atoms with Crippen LogP contribution in [0, 0.1) is 0 Å². The zero-order chi connectivity index (χ0) is 10.2. The highest BCUT2D eigenvalue weighted by atomic mass is 16.5. The number of nitrogens with zero attached hydrogens (tertiary/aromatic N) is 1. The molecule has 1 aliphatic heterocycles. The van der Waals surface area contributed by atoms with Crippen molar-refractivity contribution in [1.82, 2.24) is 4.90 Å². The van der Waals surface area contributed by atoms with Crippen molar-refractivity contribution < 1.29 is 9.84 Å². The molecule has 0 aromatic carbocycles. The Morgan fingerprint density at radius 2 is 2.29 bits per heavy atom. The molecule has 0 radical (unpaired) electrons. The number of morpholine rings is 1. The van der Waals surface area contributed by atoms with Crippen LogP contribution in [0.2, 0.25) is 0 Å². The van der Waals surface area contributed by atoms with Gasteiger partial charge in [0.1, 0.15) is 0 Å². The van der Waals surface area contributed by atoms with Crippen LogP contribution < -0.4 is 0 Å². The average molecular weight is 201 g/mol. The van der Waals surface area contributed by atoms with Crippen LogP contribution in [0.4, 0.5) is 0 Å². The van der Waals surface area contributed by atoms with Gasteiger partial charge in [0.25, 0.3) is 0 Å². The van der Waals surface area contributed by atoms with Crippen molar-refractivity contribution in [2.75, 3.05) is 32.8 Å². The van der Waals surface area contributed by atoms with Crippen molar-refractivity contribution in [3.63, 3.8) is 0 Å². The van der Waals surface area contributed by atoms with Crippen LogP contribution in [-0.4, -0.2) is 49.0 Å². The van der Waals surface area contributed by atoms with E-state index >= 15 is 0 Å².